The van der Waals surface area contributed by atoms with E-state index in [1.165, 1.54) is 0 Å². The van der Waals surface area contributed by atoms with Crippen LogP contribution in [0.2, 0.25) is 10.0 Å². The van der Waals surface area contributed by atoms with E-state index in [0.29, 0.717) is 40.3 Å². The van der Waals surface area contributed by atoms with Gasteiger partial charge in [0.05, 0.1) is 10.0 Å². The summed E-state index contributed by atoms with van der Waals surface area (Å²) in [5, 5.41) is 4.24. The van der Waals surface area contributed by atoms with Crippen molar-refractivity contribution in [1.82, 2.24) is 4.98 Å². The number of benzene rings is 2. The Bertz CT molecular complexity index is 1150. The number of aryl methyl sites for hydroxylation is 1. The lowest BCUT2D eigenvalue weighted by Gasteiger charge is -2.17. The number of fused-ring (bicyclic) bond motifs is 1. The molecule has 0 radical (unpaired) electrons. The predicted molar refractivity (Wildman–Crippen MR) is 119 cm³/mol. The van der Waals surface area contributed by atoms with Gasteiger partial charge in [-0.1, -0.05) is 29.3 Å². The Balaban J connectivity index is 1.48. The third kappa shape index (κ3) is 4.20. The summed E-state index contributed by atoms with van der Waals surface area (Å²) in [6.45, 7) is 2.29. The van der Waals surface area contributed by atoms with Gasteiger partial charge in [0.2, 0.25) is 5.91 Å². The third-order valence-corrected chi connectivity index (χ3v) is 5.43. The van der Waals surface area contributed by atoms with Crippen molar-refractivity contribution in [3.05, 3.63) is 58.2 Å². The number of ether oxygens (including phenoxy) is 1. The normalized spacial score (nSPS) is 13.7. The fraction of sp³-hybridized carbons (Fsp3) is 0.227. The molecule has 3 aromatic rings. The molecule has 6 nitrogen and oxygen atoms in total. The van der Waals surface area contributed by atoms with E-state index in [0.717, 1.165) is 17.8 Å². The second-order valence-electron chi connectivity index (χ2n) is 7.05. The van der Waals surface area contributed by atoms with Gasteiger partial charge in [0.15, 0.2) is 12.4 Å². The van der Waals surface area contributed by atoms with Gasteiger partial charge < -0.3 is 15.0 Å². The van der Waals surface area contributed by atoms with Gasteiger partial charge in [0, 0.05) is 35.4 Å². The summed E-state index contributed by atoms with van der Waals surface area (Å²) in [5.41, 5.74) is 2.64. The van der Waals surface area contributed by atoms with Gasteiger partial charge in [0.1, 0.15) is 5.52 Å². The number of amides is 2. The van der Waals surface area contributed by atoms with E-state index >= 15 is 0 Å². The molecule has 0 unspecified atom stereocenters. The smallest absolute Gasteiger partial charge is 0.262 e. The number of carbonyl (C=O) groups excluding carboxylic acids is 2. The summed E-state index contributed by atoms with van der Waals surface area (Å²) in [6.07, 6.45) is 1.39. The third-order valence-electron chi connectivity index (χ3n) is 4.84. The van der Waals surface area contributed by atoms with Crippen LogP contribution in [0.25, 0.3) is 10.9 Å². The van der Waals surface area contributed by atoms with Gasteiger partial charge in [-0.25, -0.2) is 4.98 Å². The first-order valence-corrected chi connectivity index (χ1v) is 10.3. The van der Waals surface area contributed by atoms with Crippen molar-refractivity contribution in [2.24, 2.45) is 0 Å². The molecule has 30 heavy (non-hydrogen) atoms. The number of hydrogen-bond donors (Lipinski definition) is 1. The summed E-state index contributed by atoms with van der Waals surface area (Å²) >= 11 is 12.5. The van der Waals surface area contributed by atoms with E-state index in [1.807, 2.05) is 25.1 Å². The number of pyridine rings is 1. The van der Waals surface area contributed by atoms with Gasteiger partial charge in [-0.05, 0) is 49.7 Å². The van der Waals surface area contributed by atoms with E-state index in [1.54, 1.807) is 29.2 Å². The molecule has 1 N–H and O–H groups in total. The highest BCUT2D eigenvalue weighted by molar-refractivity contribution is 6.39. The molecule has 2 amide bonds. The van der Waals surface area contributed by atoms with E-state index in [2.05, 4.69) is 10.3 Å². The Kier molecular flexibility index (Phi) is 5.79. The molecule has 0 aliphatic carbocycles. The van der Waals surface area contributed by atoms with E-state index in [9.17, 15) is 9.59 Å². The Labute approximate surface area is 183 Å². The van der Waals surface area contributed by atoms with Crippen molar-refractivity contribution in [1.29, 1.82) is 0 Å². The SMILES string of the molecule is Cc1ccc2c(Cl)cc(Cl)c(OCC(=O)Nc3cccc(N4CCCC4=O)c3)c2n1. The number of carbonyl (C=O) groups is 2. The zero-order valence-electron chi connectivity index (χ0n) is 16.2. The molecule has 8 heteroatoms. The van der Waals surface area contributed by atoms with Crippen molar-refractivity contribution < 1.29 is 14.3 Å². The number of rotatable bonds is 5. The van der Waals surface area contributed by atoms with Crippen molar-refractivity contribution in [2.75, 3.05) is 23.4 Å². The second kappa shape index (κ2) is 8.50. The number of nitrogens with one attached hydrogen (secondary N) is 1. The Morgan fingerprint density at radius 2 is 2.03 bits per heavy atom. The molecule has 1 fully saturated rings. The van der Waals surface area contributed by atoms with E-state index in [-0.39, 0.29) is 23.4 Å². The molecule has 2 heterocycles. The van der Waals surface area contributed by atoms with Gasteiger partial charge in [-0.2, -0.15) is 0 Å². The summed E-state index contributed by atoms with van der Waals surface area (Å²) in [7, 11) is 0. The van der Waals surface area contributed by atoms with E-state index in [4.69, 9.17) is 27.9 Å². The minimum absolute atomic E-state index is 0.0915. The Hall–Kier alpha value is -2.83. The lowest BCUT2D eigenvalue weighted by Crippen LogP contribution is -2.24. The Morgan fingerprint density at radius 1 is 1.20 bits per heavy atom. The van der Waals surface area contributed by atoms with E-state index < -0.39 is 0 Å². The zero-order valence-corrected chi connectivity index (χ0v) is 17.8. The Morgan fingerprint density at radius 3 is 2.80 bits per heavy atom. The molecule has 2 aromatic carbocycles. The standard InChI is InChI=1S/C22H19Cl2N3O3/c1-13-7-8-16-17(23)11-18(24)22(21(16)25-13)30-12-19(28)26-14-4-2-5-15(10-14)27-9-3-6-20(27)29/h2,4-5,7-8,10-11H,3,6,9,12H2,1H3,(H,26,28). The maximum Gasteiger partial charge on any atom is 0.262 e. The fourth-order valence-electron chi connectivity index (χ4n) is 3.43. The molecule has 1 aliphatic rings. The van der Waals surface area contributed by atoms with Gasteiger partial charge in [0.25, 0.3) is 5.91 Å². The summed E-state index contributed by atoms with van der Waals surface area (Å²) < 4.78 is 5.71. The first kappa shape index (κ1) is 20.4. The number of anilines is 2. The molecule has 0 bridgehead atoms. The maximum absolute atomic E-state index is 12.5. The minimum atomic E-state index is -0.355. The molecule has 1 aliphatic heterocycles. The predicted octanol–water partition coefficient (Wildman–Crippen LogP) is 4.99. The minimum Gasteiger partial charge on any atom is -0.480 e. The molecular weight excluding hydrogens is 425 g/mol. The van der Waals surface area contributed by atoms with Crippen LogP contribution in [0.15, 0.2) is 42.5 Å². The lowest BCUT2D eigenvalue weighted by molar-refractivity contribution is -0.118. The molecule has 1 saturated heterocycles. The van der Waals surface area contributed by atoms with Crippen LogP contribution < -0.4 is 15.0 Å². The van der Waals surface area contributed by atoms with Gasteiger partial charge in [-0.3, -0.25) is 9.59 Å². The highest BCUT2D eigenvalue weighted by atomic mass is 35.5. The van der Waals surface area contributed by atoms with Crippen molar-refractivity contribution in [2.45, 2.75) is 19.8 Å². The monoisotopic (exact) mass is 443 g/mol. The number of nitrogens with zero attached hydrogens (tertiary/aromatic N) is 2. The van der Waals surface area contributed by atoms with Crippen LogP contribution in [0.1, 0.15) is 18.5 Å². The van der Waals surface area contributed by atoms with Crippen LogP contribution in [-0.2, 0) is 9.59 Å². The largest absolute Gasteiger partial charge is 0.480 e. The molecule has 154 valence electrons. The van der Waals surface area contributed by atoms with Crippen molar-refractivity contribution in [3.63, 3.8) is 0 Å². The van der Waals surface area contributed by atoms with Crippen molar-refractivity contribution in [3.8, 4) is 5.75 Å². The average molecular weight is 444 g/mol. The first-order chi connectivity index (χ1) is 14.4. The number of hydrogen-bond acceptors (Lipinski definition) is 4. The maximum atomic E-state index is 12.5. The second-order valence-corrected chi connectivity index (χ2v) is 7.87. The van der Waals surface area contributed by atoms with Gasteiger partial charge >= 0.3 is 0 Å². The molecule has 0 saturated carbocycles. The molecule has 4 rings (SSSR count). The van der Waals surface area contributed by atoms with Crippen LogP contribution in [0.4, 0.5) is 11.4 Å². The molecule has 0 spiro atoms. The highest BCUT2D eigenvalue weighted by Gasteiger charge is 2.22. The number of aromatic nitrogens is 1. The average Bonchev–Trinajstić information content (AvgIpc) is 3.13. The fourth-order valence-corrected chi connectivity index (χ4v) is 4.01. The highest BCUT2D eigenvalue weighted by Crippen LogP contribution is 2.37. The lowest BCUT2D eigenvalue weighted by atomic mass is 10.2. The summed E-state index contributed by atoms with van der Waals surface area (Å²) in [4.78, 5) is 30.6. The zero-order chi connectivity index (χ0) is 21.3. The quantitative estimate of drug-likeness (QED) is 0.602. The molecule has 0 atom stereocenters. The van der Waals surface area contributed by atoms with Gasteiger partial charge in [-0.15, -0.1) is 0 Å². The first-order valence-electron chi connectivity index (χ1n) is 9.51. The van der Waals surface area contributed by atoms with Crippen LogP contribution in [0, 0.1) is 6.92 Å². The summed E-state index contributed by atoms with van der Waals surface area (Å²) in [6, 6.07) is 12.4. The van der Waals surface area contributed by atoms with Crippen LogP contribution in [-0.4, -0.2) is 29.9 Å². The molecular formula is C22H19Cl2N3O3. The van der Waals surface area contributed by atoms with Crippen molar-refractivity contribution >= 4 is 57.3 Å². The molecule has 1 aromatic heterocycles. The van der Waals surface area contributed by atoms with Crippen LogP contribution >= 0.6 is 23.2 Å². The van der Waals surface area contributed by atoms with Crippen LogP contribution in [0.5, 0.6) is 5.75 Å². The van der Waals surface area contributed by atoms with Crippen LogP contribution in [0.3, 0.4) is 0 Å². The number of halogens is 2. The summed E-state index contributed by atoms with van der Waals surface area (Å²) in [5.74, 6) is 0.0481. The topological polar surface area (TPSA) is 71.5 Å².